The fourth-order valence-corrected chi connectivity index (χ4v) is 9.28. The van der Waals surface area contributed by atoms with E-state index >= 15 is 0 Å². The first-order chi connectivity index (χ1) is 64.4. The molecule has 0 aliphatic rings. The van der Waals surface area contributed by atoms with Crippen molar-refractivity contribution >= 4 is 31.9 Å². The van der Waals surface area contributed by atoms with Crippen LogP contribution in [0.2, 0.25) is 0 Å². The molecule has 0 spiro atoms. The van der Waals surface area contributed by atoms with Gasteiger partial charge in [0, 0.05) is 12.3 Å². The third kappa shape index (κ3) is 64.7. The highest BCUT2D eigenvalue weighted by Crippen LogP contribution is 2.25. The fraction of sp³-hybridized carbons (Fsp3) is 0.157. The Hall–Kier alpha value is -14.0. The molecule has 0 heterocycles. The van der Waals surface area contributed by atoms with Crippen LogP contribution in [0.3, 0.4) is 0 Å². The van der Waals surface area contributed by atoms with Gasteiger partial charge in [-0.2, -0.15) is 5.26 Å². The summed E-state index contributed by atoms with van der Waals surface area (Å²) in [5.41, 5.74) is 2.38. The summed E-state index contributed by atoms with van der Waals surface area (Å²) in [5.74, 6) is 14.0. The largest absolute Gasteiger partial charge is 0.489 e. The van der Waals surface area contributed by atoms with Gasteiger partial charge in [0.2, 0.25) is 6.79 Å². The Balaban J connectivity index is 0. The predicted molar refractivity (Wildman–Crippen MR) is 550 cm³/mol. The minimum absolute atomic E-state index is 0.230. The Morgan fingerprint density at radius 1 is 0.200 bits per heavy atom. The number of benzene rings is 16. The molecule has 0 bridgehead atoms. The highest BCUT2D eigenvalue weighted by atomic mass is 79.9. The number of hydrogen-bond acceptors (Lipinski definition) is 10. The van der Waals surface area contributed by atoms with E-state index < -0.39 is 0 Å². The molecule has 15 heteroatoms. The molecular formula is C115H130Br2F3NO9. The SMILES string of the molecule is CBr.CC.CC.CC.CC.CC#N.CCBr.CF.CF.CF.c1ccc(COc2ccccc2)cc1.c1ccc(COc2ccccc2)cc1.c1ccc(OCOc2ccccc2)cc1.c1ccc(Oc2ccccc2)cc1.c1ccc(Oc2ccccc2)cc1.c1ccc(Oc2ccccc2)cc1.c1ccc(Oc2ccccc2)cc1.c1ccc(Oc2ccccc2)cc1. The zero-order valence-corrected chi connectivity index (χ0v) is 80.7. The number of alkyl halides is 5. The number of ether oxygens (including phenoxy) is 9. The van der Waals surface area contributed by atoms with Gasteiger partial charge in [0.1, 0.15) is 93.7 Å². The van der Waals surface area contributed by atoms with Crippen LogP contribution in [0.4, 0.5) is 13.2 Å². The second kappa shape index (κ2) is 91.2. The summed E-state index contributed by atoms with van der Waals surface area (Å²) in [6, 6.07) is 159. The van der Waals surface area contributed by atoms with Crippen molar-refractivity contribution in [2.75, 3.05) is 39.5 Å². The third-order valence-corrected chi connectivity index (χ3v) is 14.5. The number of rotatable bonds is 20. The molecule has 130 heavy (non-hydrogen) atoms. The number of halogens is 5. The minimum Gasteiger partial charge on any atom is -0.489 e. The summed E-state index contributed by atoms with van der Waals surface area (Å²) in [6.45, 7) is 21.0. The zero-order valence-electron chi connectivity index (χ0n) is 77.5. The average molecular weight is 1890 g/mol. The molecule has 16 aromatic rings. The standard InChI is InChI=1S/C13H12O2.2C13H12O.5C12H10O.C2H5Br.C2H3N.4C2H6.CH3Br.3CH3F/c1-3-7-12(8-4-1)14-11-15-13-9-5-2-6-10-13;2*1-3-7-12(8-4-1)11-14-13-9-5-2-6-10-13;5*1-3-7-11(8-4-1)13-12-9-5-2-6-10-12;2*1-2-3;8*1-2/h1-10H,11H2;2*1-10H,11H2;5*1-10H;2H2,1H3;1H3;4*1-2H3;4*1H3. The average Bonchev–Trinajstić information content (AvgIpc) is 0.908. The lowest BCUT2D eigenvalue weighted by molar-refractivity contribution is 0.120. The van der Waals surface area contributed by atoms with E-state index in [1.807, 2.05) is 529 Å². The minimum atomic E-state index is 0.230. The van der Waals surface area contributed by atoms with Crippen LogP contribution in [-0.2, 0) is 13.2 Å². The molecular weight excluding hydrogens is 1760 g/mol. The van der Waals surface area contributed by atoms with Crippen LogP contribution in [0.15, 0.2) is 485 Å². The summed E-state index contributed by atoms with van der Waals surface area (Å²) in [6.07, 6.45) is 0. The van der Waals surface area contributed by atoms with Gasteiger partial charge in [0.15, 0.2) is 0 Å². The van der Waals surface area contributed by atoms with Gasteiger partial charge in [-0.05, 0) is 187 Å². The van der Waals surface area contributed by atoms with Gasteiger partial charge < -0.3 is 42.6 Å². The van der Waals surface area contributed by atoms with Crippen LogP contribution in [-0.4, -0.2) is 39.5 Å². The van der Waals surface area contributed by atoms with E-state index in [0.717, 1.165) is 85.8 Å². The van der Waals surface area contributed by atoms with Gasteiger partial charge in [-0.15, -0.1) is 0 Å². The molecule has 10 nitrogen and oxygen atoms in total. The molecule has 0 unspecified atom stereocenters. The Bertz CT molecular complexity index is 4100. The summed E-state index contributed by atoms with van der Waals surface area (Å²) < 4.78 is 78.4. The second-order valence-corrected chi connectivity index (χ2v) is 24.5. The van der Waals surface area contributed by atoms with E-state index in [2.05, 4.69) is 56.1 Å². The van der Waals surface area contributed by atoms with E-state index in [9.17, 15) is 13.2 Å². The molecule has 16 aromatic carbocycles. The quantitative estimate of drug-likeness (QED) is 0.0541. The van der Waals surface area contributed by atoms with Gasteiger partial charge >= 0.3 is 0 Å². The molecule has 0 atom stereocenters. The van der Waals surface area contributed by atoms with Crippen molar-refractivity contribution in [2.24, 2.45) is 0 Å². The predicted octanol–water partition coefficient (Wildman–Crippen LogP) is 35.8. The first-order valence-corrected chi connectivity index (χ1v) is 45.2. The lowest BCUT2D eigenvalue weighted by Gasteiger charge is -2.07. The number of nitrogens with zero attached hydrogens (tertiary/aromatic N) is 1. The maximum Gasteiger partial charge on any atom is 0.230 e. The van der Waals surface area contributed by atoms with Crippen molar-refractivity contribution in [1.29, 1.82) is 5.26 Å². The number of nitriles is 1. The summed E-state index contributed by atoms with van der Waals surface area (Å²) >= 11 is 6.08. The summed E-state index contributed by atoms with van der Waals surface area (Å²) in [4.78, 5) is 0. The fourth-order valence-electron chi connectivity index (χ4n) is 9.28. The Labute approximate surface area is 792 Å². The Morgan fingerprint density at radius 2 is 0.292 bits per heavy atom. The van der Waals surface area contributed by atoms with Gasteiger partial charge in [0.05, 0.1) is 27.6 Å². The lowest BCUT2D eigenvalue weighted by atomic mass is 10.2. The van der Waals surface area contributed by atoms with Crippen LogP contribution in [0.5, 0.6) is 80.5 Å². The lowest BCUT2D eigenvalue weighted by Crippen LogP contribution is -2.05. The second-order valence-electron chi connectivity index (χ2n) is 23.3. The van der Waals surface area contributed by atoms with Crippen molar-refractivity contribution in [3.8, 4) is 86.6 Å². The normalized spacial score (nSPS) is 8.54. The highest BCUT2D eigenvalue weighted by Gasteiger charge is 2.00. The van der Waals surface area contributed by atoms with E-state index in [1.165, 1.54) is 18.1 Å². The van der Waals surface area contributed by atoms with Crippen molar-refractivity contribution in [3.05, 3.63) is 496 Å². The Morgan fingerprint density at radius 3 is 0.408 bits per heavy atom. The molecule has 16 rings (SSSR count). The van der Waals surface area contributed by atoms with Crippen molar-refractivity contribution in [1.82, 2.24) is 0 Å². The molecule has 0 radical (unpaired) electrons. The molecule has 0 amide bonds. The molecule has 0 aliphatic carbocycles. The first kappa shape index (κ1) is 118. The van der Waals surface area contributed by atoms with Crippen molar-refractivity contribution in [3.63, 3.8) is 0 Å². The van der Waals surface area contributed by atoms with Crippen LogP contribution in [0.25, 0.3) is 0 Å². The maximum atomic E-state index is 9.50. The monoisotopic (exact) mass is 1880 g/mol. The zero-order chi connectivity index (χ0) is 95.7. The first-order valence-electron chi connectivity index (χ1n) is 42.5. The topological polar surface area (TPSA) is 107 Å². The molecule has 0 N–H and O–H groups in total. The van der Waals surface area contributed by atoms with E-state index in [-0.39, 0.29) is 6.79 Å². The molecule has 0 saturated heterocycles. The van der Waals surface area contributed by atoms with Crippen molar-refractivity contribution in [2.45, 2.75) is 82.5 Å². The van der Waals surface area contributed by atoms with Crippen molar-refractivity contribution < 1.29 is 55.8 Å². The van der Waals surface area contributed by atoms with E-state index in [4.69, 9.17) is 47.9 Å². The third-order valence-electron chi connectivity index (χ3n) is 14.5. The highest BCUT2D eigenvalue weighted by molar-refractivity contribution is 9.09. The van der Waals surface area contributed by atoms with E-state index in [0.29, 0.717) is 34.7 Å². The molecule has 0 saturated carbocycles. The molecule has 0 aliphatic heterocycles. The number of hydrogen-bond donors (Lipinski definition) is 0. The Kier molecular flexibility index (Phi) is 82.8. The molecule has 0 aromatic heterocycles. The smallest absolute Gasteiger partial charge is 0.230 e. The van der Waals surface area contributed by atoms with Crippen LogP contribution in [0, 0.1) is 11.3 Å². The maximum absolute atomic E-state index is 9.50. The van der Waals surface area contributed by atoms with E-state index in [1.54, 1.807) is 6.07 Å². The van der Waals surface area contributed by atoms with Crippen LogP contribution in [0.1, 0.15) is 80.4 Å². The number of para-hydroxylation sites is 14. The summed E-state index contributed by atoms with van der Waals surface area (Å²) in [7, 11) is 1.50. The van der Waals surface area contributed by atoms with Gasteiger partial charge in [-0.1, -0.05) is 410 Å². The van der Waals surface area contributed by atoms with Crippen LogP contribution >= 0.6 is 31.9 Å². The van der Waals surface area contributed by atoms with Gasteiger partial charge in [-0.3, -0.25) is 13.2 Å². The van der Waals surface area contributed by atoms with Crippen LogP contribution < -0.4 is 42.6 Å². The molecule has 684 valence electrons. The van der Waals surface area contributed by atoms with Gasteiger partial charge in [-0.25, -0.2) is 0 Å². The summed E-state index contributed by atoms with van der Waals surface area (Å²) in [5, 5.41) is 8.38. The molecule has 0 fully saturated rings. The van der Waals surface area contributed by atoms with Gasteiger partial charge in [0.25, 0.3) is 0 Å².